The van der Waals surface area contributed by atoms with Gasteiger partial charge in [-0.2, -0.15) is 0 Å². The highest BCUT2D eigenvalue weighted by Gasteiger charge is 2.35. The summed E-state index contributed by atoms with van der Waals surface area (Å²) in [5.41, 5.74) is 4.92. The van der Waals surface area contributed by atoms with Crippen LogP contribution in [0.4, 0.5) is 0 Å². The molecular formula is C18H33IN8O. The number of halogens is 1. The first-order valence-corrected chi connectivity index (χ1v) is 9.85. The van der Waals surface area contributed by atoms with Crippen LogP contribution in [-0.2, 0) is 24.3 Å². The van der Waals surface area contributed by atoms with Crippen LogP contribution in [0.3, 0.4) is 0 Å². The second-order valence-corrected chi connectivity index (χ2v) is 7.79. The number of nitrogens with zero attached hydrogens (tertiary/aromatic N) is 6. The Bertz CT molecular complexity index is 694. The van der Waals surface area contributed by atoms with Gasteiger partial charge in [-0.15, -0.1) is 34.2 Å². The molecule has 1 aromatic rings. The standard InChI is InChI=1S/C18H32N8O.HI/c1-18(2,16(19)27)25-11-9-24(10-12-25)17(20-3)21-13-15-23-22-14-7-5-4-6-8-26(14)15;/h4-13H2,1-3H3,(H2,19,27)(H,20,21);1H. The van der Waals surface area contributed by atoms with Gasteiger partial charge in [0.15, 0.2) is 11.8 Å². The first-order chi connectivity index (χ1) is 12.9. The van der Waals surface area contributed by atoms with Gasteiger partial charge in [0.05, 0.1) is 12.1 Å². The quantitative estimate of drug-likeness (QED) is 0.353. The van der Waals surface area contributed by atoms with Crippen molar-refractivity contribution in [2.24, 2.45) is 10.7 Å². The van der Waals surface area contributed by atoms with Crippen molar-refractivity contribution in [3.63, 3.8) is 0 Å². The number of primary amides is 1. The van der Waals surface area contributed by atoms with Crippen LogP contribution in [0.1, 0.15) is 44.8 Å². The van der Waals surface area contributed by atoms with E-state index in [1.165, 1.54) is 19.3 Å². The van der Waals surface area contributed by atoms with Gasteiger partial charge >= 0.3 is 0 Å². The number of nitrogens with two attached hydrogens (primary N) is 1. The lowest BCUT2D eigenvalue weighted by Gasteiger charge is -2.43. The Labute approximate surface area is 184 Å². The molecule has 2 aliphatic rings. The van der Waals surface area contributed by atoms with Crippen LogP contribution >= 0.6 is 24.0 Å². The Morgan fingerprint density at radius 1 is 1.14 bits per heavy atom. The lowest BCUT2D eigenvalue weighted by Crippen LogP contribution is -2.61. The summed E-state index contributed by atoms with van der Waals surface area (Å²) in [5.74, 6) is 2.64. The zero-order valence-electron chi connectivity index (χ0n) is 17.1. The molecule has 0 aliphatic carbocycles. The van der Waals surface area contributed by atoms with Crippen LogP contribution in [-0.4, -0.2) is 75.2 Å². The van der Waals surface area contributed by atoms with Gasteiger partial charge in [-0.3, -0.25) is 14.7 Å². The van der Waals surface area contributed by atoms with E-state index in [1.807, 2.05) is 13.8 Å². The van der Waals surface area contributed by atoms with Gasteiger partial charge in [0.1, 0.15) is 5.82 Å². The maximum absolute atomic E-state index is 11.7. The molecule has 158 valence electrons. The van der Waals surface area contributed by atoms with Gasteiger partial charge in [0, 0.05) is 46.2 Å². The van der Waals surface area contributed by atoms with Gasteiger partial charge in [-0.1, -0.05) is 6.42 Å². The molecule has 3 rings (SSSR count). The number of carbonyl (C=O) groups excluding carboxylic acids is 1. The summed E-state index contributed by atoms with van der Waals surface area (Å²) in [7, 11) is 1.80. The fourth-order valence-corrected chi connectivity index (χ4v) is 3.80. The first kappa shape index (κ1) is 22.9. The molecule has 1 amide bonds. The summed E-state index contributed by atoms with van der Waals surface area (Å²) in [4.78, 5) is 20.5. The Morgan fingerprint density at radius 3 is 2.50 bits per heavy atom. The highest BCUT2D eigenvalue weighted by molar-refractivity contribution is 14.0. The molecule has 0 atom stereocenters. The van der Waals surface area contributed by atoms with E-state index in [4.69, 9.17) is 5.73 Å². The Balaban J connectivity index is 0.00000280. The number of aromatic nitrogens is 3. The average Bonchev–Trinajstić information content (AvgIpc) is 2.89. The molecule has 1 saturated heterocycles. The van der Waals surface area contributed by atoms with E-state index < -0.39 is 5.54 Å². The molecule has 10 heteroatoms. The second-order valence-electron chi connectivity index (χ2n) is 7.79. The minimum Gasteiger partial charge on any atom is -0.368 e. The second kappa shape index (κ2) is 9.86. The third kappa shape index (κ3) is 4.94. The molecule has 9 nitrogen and oxygen atoms in total. The predicted molar refractivity (Wildman–Crippen MR) is 120 cm³/mol. The van der Waals surface area contributed by atoms with Gasteiger partial charge in [0.2, 0.25) is 5.91 Å². The molecule has 3 N–H and O–H groups in total. The molecule has 0 bridgehead atoms. The molecule has 3 heterocycles. The summed E-state index contributed by atoms with van der Waals surface area (Å²) in [5, 5.41) is 12.2. The number of carbonyl (C=O) groups is 1. The summed E-state index contributed by atoms with van der Waals surface area (Å²) < 4.78 is 2.25. The third-order valence-electron chi connectivity index (χ3n) is 5.78. The molecule has 28 heavy (non-hydrogen) atoms. The van der Waals surface area contributed by atoms with E-state index in [0.717, 1.165) is 56.8 Å². The smallest absolute Gasteiger partial charge is 0.237 e. The lowest BCUT2D eigenvalue weighted by molar-refractivity contribution is -0.129. The van der Waals surface area contributed by atoms with Crippen molar-refractivity contribution in [1.29, 1.82) is 0 Å². The number of rotatable bonds is 4. The highest BCUT2D eigenvalue weighted by atomic mass is 127. The van der Waals surface area contributed by atoms with E-state index in [2.05, 4.69) is 34.9 Å². The zero-order valence-corrected chi connectivity index (χ0v) is 19.5. The van der Waals surface area contributed by atoms with Crippen LogP contribution < -0.4 is 11.1 Å². The number of nitrogens with one attached hydrogen (secondary N) is 1. The first-order valence-electron chi connectivity index (χ1n) is 9.85. The maximum Gasteiger partial charge on any atom is 0.237 e. The van der Waals surface area contributed by atoms with Crippen LogP contribution in [0.5, 0.6) is 0 Å². The van der Waals surface area contributed by atoms with Crippen LogP contribution in [0.15, 0.2) is 4.99 Å². The molecule has 0 saturated carbocycles. The van der Waals surface area contributed by atoms with Crippen molar-refractivity contribution in [3.8, 4) is 0 Å². The van der Waals surface area contributed by atoms with Crippen molar-refractivity contribution in [1.82, 2.24) is 29.9 Å². The number of aliphatic imine (C=N–C) groups is 1. The zero-order chi connectivity index (χ0) is 19.4. The molecule has 0 unspecified atom stereocenters. The molecule has 2 aliphatic heterocycles. The van der Waals surface area contributed by atoms with E-state index in [-0.39, 0.29) is 29.9 Å². The summed E-state index contributed by atoms with van der Waals surface area (Å²) in [6.45, 7) is 8.53. The van der Waals surface area contributed by atoms with E-state index in [9.17, 15) is 4.79 Å². The summed E-state index contributed by atoms with van der Waals surface area (Å²) in [6.07, 6.45) is 4.65. The molecule has 1 fully saturated rings. The van der Waals surface area contributed by atoms with Gasteiger partial charge in [0.25, 0.3) is 0 Å². The van der Waals surface area contributed by atoms with Crippen molar-refractivity contribution in [3.05, 3.63) is 11.6 Å². The molecule has 0 radical (unpaired) electrons. The minimum absolute atomic E-state index is 0. The van der Waals surface area contributed by atoms with Gasteiger partial charge in [-0.05, 0) is 26.7 Å². The Morgan fingerprint density at radius 2 is 1.86 bits per heavy atom. The number of amides is 1. The predicted octanol–water partition coefficient (Wildman–Crippen LogP) is 0.579. The maximum atomic E-state index is 11.7. The van der Waals surface area contributed by atoms with Crippen molar-refractivity contribution in [2.75, 3.05) is 33.2 Å². The molecular weight excluding hydrogens is 471 g/mol. The summed E-state index contributed by atoms with van der Waals surface area (Å²) in [6, 6.07) is 0. The van der Waals surface area contributed by atoms with Crippen molar-refractivity contribution >= 4 is 35.8 Å². The number of hydrogen-bond acceptors (Lipinski definition) is 5. The average molecular weight is 504 g/mol. The lowest BCUT2D eigenvalue weighted by atomic mass is 10.0. The van der Waals surface area contributed by atoms with Gasteiger partial charge in [-0.25, -0.2) is 0 Å². The van der Waals surface area contributed by atoms with Crippen molar-refractivity contribution < 1.29 is 4.79 Å². The third-order valence-corrected chi connectivity index (χ3v) is 5.78. The SMILES string of the molecule is CN=C(NCc1nnc2n1CCCCC2)N1CCN(C(C)(C)C(N)=O)CC1.I. The Kier molecular flexibility index (Phi) is 8.05. The topological polar surface area (TPSA) is 105 Å². The number of piperazine rings is 1. The molecule has 0 aromatic carbocycles. The normalized spacial score (nSPS) is 18.8. The fourth-order valence-electron chi connectivity index (χ4n) is 3.80. The Hall–Kier alpha value is -1.43. The summed E-state index contributed by atoms with van der Waals surface area (Å²) >= 11 is 0. The van der Waals surface area contributed by atoms with Crippen LogP contribution in [0, 0.1) is 0 Å². The van der Waals surface area contributed by atoms with Gasteiger partial charge < -0.3 is 20.5 Å². The number of aryl methyl sites for hydroxylation is 1. The monoisotopic (exact) mass is 504 g/mol. The fraction of sp³-hybridized carbons (Fsp3) is 0.778. The van der Waals surface area contributed by atoms with Crippen LogP contribution in [0.25, 0.3) is 0 Å². The van der Waals surface area contributed by atoms with E-state index in [0.29, 0.717) is 6.54 Å². The van der Waals surface area contributed by atoms with E-state index >= 15 is 0 Å². The van der Waals surface area contributed by atoms with Crippen molar-refractivity contribution in [2.45, 2.75) is 58.2 Å². The molecule has 1 aromatic heterocycles. The van der Waals surface area contributed by atoms with Crippen LogP contribution in [0.2, 0.25) is 0 Å². The number of fused-ring (bicyclic) bond motifs is 1. The highest BCUT2D eigenvalue weighted by Crippen LogP contribution is 2.17. The number of hydrogen-bond donors (Lipinski definition) is 2. The number of guanidine groups is 1. The largest absolute Gasteiger partial charge is 0.368 e. The molecule has 0 spiro atoms. The van der Waals surface area contributed by atoms with E-state index in [1.54, 1.807) is 7.05 Å². The minimum atomic E-state index is -0.623.